The highest BCUT2D eigenvalue weighted by molar-refractivity contribution is 5.91. The number of carbonyl (C=O) groups excluding carboxylic acids is 8. The molecule has 105 heavy (non-hydrogen) atoms. The molecule has 3 fully saturated rings. The fourth-order valence-corrected chi connectivity index (χ4v) is 12.3. The van der Waals surface area contributed by atoms with Crippen molar-refractivity contribution in [2.24, 2.45) is 23.2 Å². The van der Waals surface area contributed by atoms with Crippen molar-refractivity contribution in [2.75, 3.05) is 92.6 Å². The Hall–Kier alpha value is -4.12. The first-order chi connectivity index (χ1) is 50.1. The Kier molecular flexibility index (Phi) is 52.6. The third-order valence-electron chi connectivity index (χ3n) is 18.9. The van der Waals surface area contributed by atoms with E-state index in [4.69, 9.17) is 33.2 Å². The van der Waals surface area contributed by atoms with Crippen LogP contribution in [0.4, 0.5) is 0 Å². The van der Waals surface area contributed by atoms with Crippen LogP contribution < -0.4 is 21.3 Å². The number of ether oxygens (including phenoxy) is 7. The lowest BCUT2D eigenvalue weighted by molar-refractivity contribution is -0.282. The number of hydrogen-bond donors (Lipinski definition) is 13. The van der Waals surface area contributed by atoms with Crippen molar-refractivity contribution < 1.29 is 117 Å². The van der Waals surface area contributed by atoms with Crippen LogP contribution in [-0.2, 0) is 71.5 Å². The molecule has 3 heterocycles. The van der Waals surface area contributed by atoms with E-state index in [2.05, 4.69) is 49.0 Å². The molecule has 4 amide bonds. The third kappa shape index (κ3) is 43.2. The fourth-order valence-electron chi connectivity index (χ4n) is 12.3. The summed E-state index contributed by atoms with van der Waals surface area (Å²) in [6.45, 7) is 13.8. The normalized spacial score (nSPS) is 25.0. The van der Waals surface area contributed by atoms with Gasteiger partial charge in [-0.15, -0.1) is 0 Å². The van der Waals surface area contributed by atoms with Gasteiger partial charge in [-0.25, -0.2) is 0 Å². The maximum absolute atomic E-state index is 14.4. The number of amides is 4. The lowest BCUT2D eigenvalue weighted by Gasteiger charge is -2.40. The zero-order valence-corrected chi connectivity index (χ0v) is 64.7. The number of nitrogens with zero attached hydrogens (tertiary/aromatic N) is 1. The second kappa shape index (κ2) is 57.0. The number of rotatable bonds is 59. The van der Waals surface area contributed by atoms with E-state index in [0.717, 1.165) is 77.2 Å². The Labute approximate surface area is 624 Å². The van der Waals surface area contributed by atoms with Gasteiger partial charge in [-0.1, -0.05) is 119 Å². The molecule has 29 heteroatoms. The second-order valence-corrected chi connectivity index (χ2v) is 30.4. The van der Waals surface area contributed by atoms with Crippen molar-refractivity contribution >= 4 is 46.8 Å². The smallest absolute Gasteiger partial charge is 0.239 e. The predicted molar refractivity (Wildman–Crippen MR) is 392 cm³/mol. The lowest BCUT2D eigenvalue weighted by atomic mass is 9.92. The Morgan fingerprint density at radius 3 is 1.06 bits per heavy atom. The van der Waals surface area contributed by atoms with Gasteiger partial charge in [-0.2, -0.15) is 0 Å². The Morgan fingerprint density at radius 2 is 0.695 bits per heavy atom. The zero-order chi connectivity index (χ0) is 78.1. The first-order valence-corrected chi connectivity index (χ1v) is 39.2. The van der Waals surface area contributed by atoms with Gasteiger partial charge in [-0.05, 0) is 76.0 Å². The number of hydrogen-bond acceptors (Lipinski definition) is 25. The van der Waals surface area contributed by atoms with Crippen LogP contribution in [0, 0.1) is 23.2 Å². The summed E-state index contributed by atoms with van der Waals surface area (Å²) in [5.74, 6) is -4.10. The van der Waals surface area contributed by atoms with Gasteiger partial charge in [0.2, 0.25) is 23.6 Å². The van der Waals surface area contributed by atoms with E-state index in [9.17, 15) is 84.3 Å². The van der Waals surface area contributed by atoms with E-state index >= 15 is 0 Å². The Balaban J connectivity index is 0.00000722. The molecule has 29 nitrogen and oxygen atoms in total. The third-order valence-corrected chi connectivity index (χ3v) is 18.9. The molecule has 0 bridgehead atoms. The summed E-state index contributed by atoms with van der Waals surface area (Å²) in [5.41, 5.74) is 0.500. The van der Waals surface area contributed by atoms with Gasteiger partial charge in [0.15, 0.2) is 18.9 Å². The maximum atomic E-state index is 14.4. The summed E-state index contributed by atoms with van der Waals surface area (Å²) >= 11 is 0. The molecule has 3 saturated heterocycles. The summed E-state index contributed by atoms with van der Waals surface area (Å²) in [5, 5.41) is 101. The molecule has 16 unspecified atom stereocenters. The quantitative estimate of drug-likeness (QED) is 0.0382. The monoisotopic (exact) mass is 1510 g/mol. The van der Waals surface area contributed by atoms with Crippen molar-refractivity contribution in [2.45, 2.75) is 321 Å². The van der Waals surface area contributed by atoms with Gasteiger partial charge in [0.1, 0.15) is 59.8 Å². The summed E-state index contributed by atoms with van der Waals surface area (Å²) < 4.78 is 39.3. The van der Waals surface area contributed by atoms with Crippen LogP contribution in [0.25, 0.3) is 0 Å². The van der Waals surface area contributed by atoms with Crippen molar-refractivity contribution in [1.82, 2.24) is 26.2 Å². The second-order valence-electron chi connectivity index (χ2n) is 30.4. The van der Waals surface area contributed by atoms with Crippen molar-refractivity contribution in [1.29, 1.82) is 0 Å². The van der Waals surface area contributed by atoms with Crippen LogP contribution in [0.3, 0.4) is 0 Å². The molecule has 3 aliphatic heterocycles. The van der Waals surface area contributed by atoms with E-state index in [1.807, 2.05) is 0 Å². The van der Waals surface area contributed by atoms with Crippen molar-refractivity contribution in [3.8, 4) is 0 Å². The highest BCUT2D eigenvalue weighted by Gasteiger charge is 2.45. The summed E-state index contributed by atoms with van der Waals surface area (Å²) in [7, 11) is 1.68. The molecule has 0 spiro atoms. The molecule has 0 aromatic carbocycles. The summed E-state index contributed by atoms with van der Waals surface area (Å²) in [6.07, 6.45) is 3.36. The number of nitrogens with one attached hydrogen (secondary N) is 4. The average molecular weight is 1510 g/mol. The molecule has 13 N–H and O–H groups in total. The van der Waals surface area contributed by atoms with Gasteiger partial charge in [0.05, 0.1) is 63.8 Å². The zero-order valence-electron chi connectivity index (χ0n) is 64.7. The van der Waals surface area contributed by atoms with Gasteiger partial charge in [0, 0.05) is 122 Å². The topological polar surface area (TPSA) is 435 Å². The highest BCUT2D eigenvalue weighted by atomic mass is 16.7. The first-order valence-electron chi connectivity index (χ1n) is 39.2. The van der Waals surface area contributed by atoms with Crippen LogP contribution in [-0.4, -0.2) is 270 Å². The van der Waals surface area contributed by atoms with Crippen LogP contribution in [0.15, 0.2) is 0 Å². The number of ketones is 4. The number of aliphatic hydroxyl groups excluding tert-OH is 9. The molecule has 3 aliphatic rings. The predicted octanol–water partition coefficient (Wildman–Crippen LogP) is 4.08. The van der Waals surface area contributed by atoms with Crippen molar-refractivity contribution in [3.05, 3.63) is 0 Å². The molecule has 0 radical (unpaired) electrons. The minimum Gasteiger partial charge on any atom is -0.394 e. The highest BCUT2D eigenvalue weighted by Crippen LogP contribution is 2.30. The van der Waals surface area contributed by atoms with Gasteiger partial charge in [-0.3, -0.25) is 43.3 Å². The van der Waals surface area contributed by atoms with Crippen molar-refractivity contribution in [3.63, 3.8) is 0 Å². The maximum Gasteiger partial charge on any atom is 0.239 e. The van der Waals surface area contributed by atoms with Crippen LogP contribution in [0.2, 0.25) is 0 Å². The number of methoxy groups -OCH3 is 1. The molecular formula is C76H139N5O24. The van der Waals surface area contributed by atoms with E-state index in [1.54, 1.807) is 27.9 Å². The molecule has 16 atom stereocenters. The standard InChI is InChI=1S/C71H127N5O24.C5H12/c1-48-62(87)65(90)56(45-77)98-69(48)95-39-22-11-7-18-35-72-59(84)33-31-53(82)43-76(44-54(83)32-34-60(85)73-36-19-8-12-23-40-96-70-49(2)63(88)66(91)57(46-78)99-70)55(30-17-14-16-27-52(81)29-25-28-51(80)26-15-6-5-10-21-38-94-4)68(93)75-42-61(86)74-37-20-9-13-24-41-97-71-50(3)64(89)67(92)58(47-79)100-71;1-5(2,3)4/h48-50,55-58,62-67,69-71,77-79,87-92H,5-47H2,1-4H3,(H,72,84)(H,73,85)(H,74,86)(H,75,93);1-4H3. The van der Waals surface area contributed by atoms with Crippen LogP contribution in [0.5, 0.6) is 0 Å². The summed E-state index contributed by atoms with van der Waals surface area (Å²) in [4.78, 5) is 108. The first kappa shape index (κ1) is 97.0. The number of carbonyl (C=O) groups is 8. The lowest BCUT2D eigenvalue weighted by Crippen LogP contribution is -2.55. The number of aliphatic hydroxyl groups is 9. The average Bonchev–Trinajstić information content (AvgIpc) is 0.833. The minimum absolute atomic E-state index is 0.0169. The molecule has 0 aromatic rings. The molecule has 0 aliphatic carbocycles. The van der Waals surface area contributed by atoms with Crippen LogP contribution >= 0.6 is 0 Å². The fraction of sp³-hybridized carbons (Fsp3) is 0.895. The Bertz CT molecular complexity index is 2300. The molecule has 0 aromatic heterocycles. The SMILES string of the molecule is CC(C)(C)C.COCCCCCCCC(=O)CCCC(=O)CCCCCC(C(=O)NCC(=O)NCCCCCCOC1OC(CO)C(O)C(O)C1C)N(CC(=O)CCC(=O)NCCCCCCOC1OC(CO)C(O)C(O)C1C)CC(=O)CCC(=O)NCCCCCCOC1OC(CO)C(O)C(O)C1C. The molecule has 612 valence electrons. The Morgan fingerprint density at radius 1 is 0.381 bits per heavy atom. The summed E-state index contributed by atoms with van der Waals surface area (Å²) in [6, 6.07) is -1.12. The number of Topliss-reactive ketones (excluding diaryl/α,β-unsaturated/α-hetero) is 4. The van der Waals surface area contributed by atoms with Gasteiger partial charge < -0.3 is 100 Å². The van der Waals surface area contributed by atoms with Crippen LogP contribution in [0.1, 0.15) is 241 Å². The molecule has 0 saturated carbocycles. The number of unbranched alkanes of at least 4 members (excludes halogenated alkanes) is 15. The van der Waals surface area contributed by atoms with E-state index < -0.39 is 160 Å². The van der Waals surface area contributed by atoms with Gasteiger partial charge in [0.25, 0.3) is 0 Å². The van der Waals surface area contributed by atoms with E-state index in [-0.39, 0.29) is 68.3 Å². The van der Waals surface area contributed by atoms with E-state index in [0.29, 0.717) is 122 Å². The minimum atomic E-state index is -1.23. The van der Waals surface area contributed by atoms with Gasteiger partial charge >= 0.3 is 0 Å². The largest absolute Gasteiger partial charge is 0.394 e. The van der Waals surface area contributed by atoms with E-state index in [1.165, 1.54) is 4.90 Å². The molecular weight excluding hydrogens is 1370 g/mol. The molecule has 3 rings (SSSR count).